The zero-order valence-corrected chi connectivity index (χ0v) is 14.2. The highest BCUT2D eigenvalue weighted by Crippen LogP contribution is 2.28. The van der Waals surface area contributed by atoms with Crippen LogP contribution in [-0.4, -0.2) is 34.9 Å². The van der Waals surface area contributed by atoms with Crippen LogP contribution in [0.5, 0.6) is 0 Å². The van der Waals surface area contributed by atoms with Crippen molar-refractivity contribution < 1.29 is 4.79 Å². The van der Waals surface area contributed by atoms with Crippen LogP contribution < -0.4 is 5.32 Å². The quantitative estimate of drug-likeness (QED) is 0.875. The summed E-state index contributed by atoms with van der Waals surface area (Å²) in [5.74, 6) is 0.254. The molecule has 21 heavy (non-hydrogen) atoms. The molecule has 0 spiro atoms. The first-order chi connectivity index (χ1) is 10.1. The van der Waals surface area contributed by atoms with Crippen LogP contribution in [0.2, 0.25) is 0 Å². The third-order valence-electron chi connectivity index (χ3n) is 4.04. The molecule has 1 amide bonds. The van der Waals surface area contributed by atoms with E-state index in [0.717, 1.165) is 19.4 Å². The van der Waals surface area contributed by atoms with Gasteiger partial charge in [-0.15, -0.1) is 0 Å². The van der Waals surface area contributed by atoms with E-state index >= 15 is 0 Å². The molecule has 1 aliphatic heterocycles. The summed E-state index contributed by atoms with van der Waals surface area (Å²) in [4.78, 5) is 14.7. The van der Waals surface area contributed by atoms with Gasteiger partial charge < -0.3 is 4.90 Å². The molecule has 0 bridgehead atoms. The van der Waals surface area contributed by atoms with Gasteiger partial charge in [-0.2, -0.15) is 11.8 Å². The van der Waals surface area contributed by atoms with Crippen LogP contribution in [0.4, 0.5) is 0 Å². The molecule has 1 N–H and O–H groups in total. The van der Waals surface area contributed by atoms with Gasteiger partial charge in [-0.25, -0.2) is 0 Å². The maximum absolute atomic E-state index is 12.7. The number of carbonyl (C=O) groups excluding carboxylic acids is 1. The van der Waals surface area contributed by atoms with E-state index in [1.807, 2.05) is 4.90 Å². The van der Waals surface area contributed by atoms with Crippen LogP contribution in [0.1, 0.15) is 44.0 Å². The van der Waals surface area contributed by atoms with E-state index in [1.165, 1.54) is 11.1 Å². The van der Waals surface area contributed by atoms with E-state index in [-0.39, 0.29) is 18.1 Å². The van der Waals surface area contributed by atoms with Crippen molar-refractivity contribution in [3.63, 3.8) is 0 Å². The molecule has 1 aromatic rings. The fourth-order valence-electron chi connectivity index (χ4n) is 2.84. The van der Waals surface area contributed by atoms with Crippen molar-refractivity contribution in [2.75, 3.05) is 12.8 Å². The molecule has 0 aromatic heterocycles. The van der Waals surface area contributed by atoms with E-state index in [0.29, 0.717) is 5.25 Å². The van der Waals surface area contributed by atoms with E-state index in [1.54, 1.807) is 11.8 Å². The molecule has 0 aliphatic carbocycles. The number of hydrogen-bond donors (Lipinski definition) is 1. The Morgan fingerprint density at radius 2 is 2.19 bits per heavy atom. The van der Waals surface area contributed by atoms with E-state index in [9.17, 15) is 4.79 Å². The van der Waals surface area contributed by atoms with Gasteiger partial charge in [-0.3, -0.25) is 10.1 Å². The van der Waals surface area contributed by atoms with Crippen molar-refractivity contribution in [2.24, 2.45) is 0 Å². The fourth-order valence-corrected chi connectivity index (χ4v) is 3.15. The third kappa shape index (κ3) is 3.80. The lowest BCUT2D eigenvalue weighted by molar-refractivity contribution is -0.130. The highest BCUT2D eigenvalue weighted by molar-refractivity contribution is 7.99. The van der Waals surface area contributed by atoms with Gasteiger partial charge in [-0.05, 0) is 25.2 Å². The number of amides is 1. The molecular formula is C17H26N2OS. The van der Waals surface area contributed by atoms with Gasteiger partial charge in [0.2, 0.25) is 5.91 Å². The zero-order chi connectivity index (χ0) is 15.4. The predicted molar refractivity (Wildman–Crippen MR) is 90.4 cm³/mol. The molecule has 1 aliphatic rings. The van der Waals surface area contributed by atoms with Crippen LogP contribution in [0.3, 0.4) is 0 Å². The first-order valence-corrected chi connectivity index (χ1v) is 9.01. The molecule has 1 aromatic carbocycles. The van der Waals surface area contributed by atoms with Crippen molar-refractivity contribution >= 4 is 17.7 Å². The van der Waals surface area contributed by atoms with Crippen molar-refractivity contribution in [1.29, 1.82) is 0 Å². The first kappa shape index (κ1) is 16.4. The average molecular weight is 306 g/mol. The van der Waals surface area contributed by atoms with Crippen molar-refractivity contribution in [3.8, 4) is 0 Å². The highest BCUT2D eigenvalue weighted by atomic mass is 32.2. The zero-order valence-electron chi connectivity index (χ0n) is 13.4. The SMILES string of the molecule is CCCC1NC(c2cccc(C)c2)N(CC(C)SC)C1=O. The molecule has 0 saturated carbocycles. The Labute approximate surface area is 132 Å². The second-order valence-electron chi connectivity index (χ2n) is 5.86. The maximum Gasteiger partial charge on any atom is 0.241 e. The summed E-state index contributed by atoms with van der Waals surface area (Å²) in [6, 6.07) is 8.42. The summed E-state index contributed by atoms with van der Waals surface area (Å²) < 4.78 is 0. The summed E-state index contributed by atoms with van der Waals surface area (Å²) in [5.41, 5.74) is 2.42. The summed E-state index contributed by atoms with van der Waals surface area (Å²) in [7, 11) is 0. The maximum atomic E-state index is 12.7. The largest absolute Gasteiger partial charge is 0.320 e. The van der Waals surface area contributed by atoms with E-state index < -0.39 is 0 Å². The van der Waals surface area contributed by atoms with Crippen molar-refractivity contribution in [1.82, 2.24) is 10.2 Å². The van der Waals surface area contributed by atoms with E-state index in [4.69, 9.17) is 0 Å². The van der Waals surface area contributed by atoms with Gasteiger partial charge in [-0.1, -0.05) is 50.1 Å². The number of hydrogen-bond acceptors (Lipinski definition) is 3. The van der Waals surface area contributed by atoms with Gasteiger partial charge in [0, 0.05) is 11.8 Å². The monoisotopic (exact) mass is 306 g/mol. The Bertz CT molecular complexity index is 491. The number of aryl methyl sites for hydroxylation is 1. The number of benzene rings is 1. The van der Waals surface area contributed by atoms with E-state index in [2.05, 4.69) is 56.6 Å². The molecule has 4 heteroatoms. The smallest absolute Gasteiger partial charge is 0.241 e. The topological polar surface area (TPSA) is 32.3 Å². The Hall–Kier alpha value is -1.00. The number of nitrogens with one attached hydrogen (secondary N) is 1. The summed E-state index contributed by atoms with van der Waals surface area (Å²) in [6.45, 7) is 7.20. The molecular weight excluding hydrogens is 280 g/mol. The lowest BCUT2D eigenvalue weighted by atomic mass is 10.1. The normalized spacial score (nSPS) is 23.6. The Balaban J connectivity index is 2.25. The molecule has 116 valence electrons. The minimum absolute atomic E-state index is 0.0172. The molecule has 1 fully saturated rings. The molecule has 1 heterocycles. The van der Waals surface area contributed by atoms with Gasteiger partial charge in [0.15, 0.2) is 0 Å². The van der Waals surface area contributed by atoms with Crippen molar-refractivity contribution in [3.05, 3.63) is 35.4 Å². The predicted octanol–water partition coefficient (Wildman–Crippen LogP) is 3.35. The number of nitrogens with zero attached hydrogens (tertiary/aromatic N) is 1. The summed E-state index contributed by atoms with van der Waals surface area (Å²) in [5, 5.41) is 3.98. The highest BCUT2D eigenvalue weighted by Gasteiger charge is 2.39. The summed E-state index contributed by atoms with van der Waals surface area (Å²) >= 11 is 1.81. The van der Waals surface area contributed by atoms with Crippen LogP contribution in [0.15, 0.2) is 24.3 Å². The molecule has 3 atom stereocenters. The van der Waals surface area contributed by atoms with Gasteiger partial charge >= 0.3 is 0 Å². The third-order valence-corrected chi connectivity index (χ3v) is 5.00. The molecule has 2 rings (SSSR count). The van der Waals surface area contributed by atoms with Crippen LogP contribution in [-0.2, 0) is 4.79 Å². The van der Waals surface area contributed by atoms with Gasteiger partial charge in [0.1, 0.15) is 6.17 Å². The second-order valence-corrected chi connectivity index (χ2v) is 7.14. The minimum atomic E-state index is -0.0328. The molecule has 1 saturated heterocycles. The van der Waals surface area contributed by atoms with Crippen LogP contribution in [0, 0.1) is 6.92 Å². The Kier molecular flexibility index (Phi) is 5.71. The number of thioether (sulfide) groups is 1. The first-order valence-electron chi connectivity index (χ1n) is 7.72. The van der Waals surface area contributed by atoms with Gasteiger partial charge in [0.05, 0.1) is 6.04 Å². The van der Waals surface area contributed by atoms with Crippen LogP contribution >= 0.6 is 11.8 Å². The number of rotatable bonds is 6. The Morgan fingerprint density at radius 3 is 2.81 bits per heavy atom. The molecule has 3 unspecified atom stereocenters. The Morgan fingerprint density at radius 1 is 1.43 bits per heavy atom. The lowest BCUT2D eigenvalue weighted by Gasteiger charge is -2.27. The van der Waals surface area contributed by atoms with Crippen LogP contribution in [0.25, 0.3) is 0 Å². The second kappa shape index (κ2) is 7.32. The number of carbonyl (C=O) groups is 1. The standard InChI is InChI=1S/C17H26N2OS/c1-5-7-15-17(20)19(11-13(3)21-4)16(18-15)14-9-6-8-12(2)10-14/h6,8-10,13,15-16,18H,5,7,11H2,1-4H3. The summed E-state index contributed by atoms with van der Waals surface area (Å²) in [6.07, 6.45) is 4.05. The molecule has 0 radical (unpaired) electrons. The minimum Gasteiger partial charge on any atom is -0.320 e. The fraction of sp³-hybridized carbons (Fsp3) is 0.588. The van der Waals surface area contributed by atoms with Gasteiger partial charge in [0.25, 0.3) is 0 Å². The lowest BCUT2D eigenvalue weighted by Crippen LogP contribution is -2.35. The molecule has 3 nitrogen and oxygen atoms in total. The average Bonchev–Trinajstić information content (AvgIpc) is 2.77. The van der Waals surface area contributed by atoms with Crippen molar-refractivity contribution in [2.45, 2.75) is 51.1 Å².